The smallest absolute Gasteiger partial charge is 0.327 e. The number of aliphatic carboxylic acids is 1. The van der Waals surface area contributed by atoms with Gasteiger partial charge in [0.15, 0.2) is 5.75 Å². The van der Waals surface area contributed by atoms with Gasteiger partial charge in [-0.3, -0.25) is 4.79 Å². The van der Waals surface area contributed by atoms with Crippen LogP contribution in [0.2, 0.25) is 0 Å². The van der Waals surface area contributed by atoms with E-state index in [0.717, 1.165) is 11.1 Å². The van der Waals surface area contributed by atoms with E-state index in [9.17, 15) is 19.8 Å². The van der Waals surface area contributed by atoms with Crippen LogP contribution in [0.4, 0.5) is 0 Å². The number of thioether (sulfide) groups is 1. The van der Waals surface area contributed by atoms with E-state index >= 15 is 0 Å². The first-order valence-electron chi connectivity index (χ1n) is 10.8. The van der Waals surface area contributed by atoms with Gasteiger partial charge in [0, 0.05) is 22.6 Å². The SMILES string of the molecule is CC(C)c1cc(Oc2c(Br)cc(C(=O)N[C@@H](CSCc3ccccc3)C(=O)O)cc2Br)ccc1O. The van der Waals surface area contributed by atoms with Crippen molar-refractivity contribution in [2.24, 2.45) is 0 Å². The third-order valence-electron chi connectivity index (χ3n) is 5.10. The molecule has 0 aromatic heterocycles. The summed E-state index contributed by atoms with van der Waals surface area (Å²) in [5, 5.41) is 22.2. The molecule has 0 radical (unpaired) electrons. The lowest BCUT2D eigenvalue weighted by molar-refractivity contribution is -0.138. The van der Waals surface area contributed by atoms with Crippen LogP contribution in [0, 0.1) is 0 Å². The van der Waals surface area contributed by atoms with E-state index < -0.39 is 17.9 Å². The van der Waals surface area contributed by atoms with Crippen molar-refractivity contribution < 1.29 is 24.5 Å². The maximum atomic E-state index is 12.8. The number of carbonyl (C=O) groups excluding carboxylic acids is 1. The van der Waals surface area contributed by atoms with Gasteiger partial charge in [-0.1, -0.05) is 44.2 Å². The molecule has 0 aliphatic heterocycles. The summed E-state index contributed by atoms with van der Waals surface area (Å²) in [5.41, 5.74) is 2.13. The molecule has 0 bridgehead atoms. The third kappa shape index (κ3) is 7.49. The number of rotatable bonds is 10. The first-order valence-corrected chi connectivity index (χ1v) is 13.5. The summed E-state index contributed by atoms with van der Waals surface area (Å²) in [7, 11) is 0. The van der Waals surface area contributed by atoms with Crippen LogP contribution in [0.3, 0.4) is 0 Å². The van der Waals surface area contributed by atoms with Gasteiger partial charge in [-0.2, -0.15) is 11.8 Å². The Kier molecular flexibility index (Phi) is 9.65. The number of phenolic OH excluding ortho intramolecular Hbond substituents is 1. The maximum absolute atomic E-state index is 12.8. The molecule has 0 aliphatic carbocycles. The average Bonchev–Trinajstić information content (AvgIpc) is 2.81. The molecule has 0 heterocycles. The predicted molar refractivity (Wildman–Crippen MR) is 146 cm³/mol. The molecule has 0 saturated heterocycles. The molecule has 35 heavy (non-hydrogen) atoms. The number of hydrogen-bond acceptors (Lipinski definition) is 5. The molecular formula is C26H25Br2NO5S. The Balaban J connectivity index is 1.69. The van der Waals surface area contributed by atoms with E-state index in [1.165, 1.54) is 11.8 Å². The van der Waals surface area contributed by atoms with Crippen molar-refractivity contribution in [1.82, 2.24) is 5.32 Å². The number of aromatic hydroxyl groups is 1. The van der Waals surface area contributed by atoms with Crippen molar-refractivity contribution >= 4 is 55.5 Å². The Bertz CT molecular complexity index is 1180. The van der Waals surface area contributed by atoms with Gasteiger partial charge in [0.1, 0.15) is 17.5 Å². The summed E-state index contributed by atoms with van der Waals surface area (Å²) < 4.78 is 7.03. The minimum atomic E-state index is -1.09. The summed E-state index contributed by atoms with van der Waals surface area (Å²) in [6.45, 7) is 3.95. The Labute approximate surface area is 225 Å². The van der Waals surface area contributed by atoms with E-state index in [-0.39, 0.29) is 23.0 Å². The van der Waals surface area contributed by atoms with Gasteiger partial charge in [0.2, 0.25) is 0 Å². The van der Waals surface area contributed by atoms with Crippen molar-refractivity contribution in [3.8, 4) is 17.2 Å². The second-order valence-corrected chi connectivity index (χ2v) is 10.9. The molecule has 3 aromatic carbocycles. The van der Waals surface area contributed by atoms with Gasteiger partial charge in [0.05, 0.1) is 8.95 Å². The summed E-state index contributed by atoms with van der Waals surface area (Å²) in [5.74, 6) is 0.596. The summed E-state index contributed by atoms with van der Waals surface area (Å²) >= 11 is 8.33. The number of ether oxygens (including phenoxy) is 1. The summed E-state index contributed by atoms with van der Waals surface area (Å²) in [6.07, 6.45) is 0. The normalized spacial score (nSPS) is 11.8. The first-order chi connectivity index (χ1) is 16.7. The molecule has 0 aliphatic rings. The number of carboxylic acids is 1. The number of benzene rings is 3. The Morgan fingerprint density at radius 2 is 1.69 bits per heavy atom. The minimum absolute atomic E-state index is 0.115. The number of nitrogens with one attached hydrogen (secondary N) is 1. The second kappa shape index (κ2) is 12.5. The van der Waals surface area contributed by atoms with Crippen LogP contribution in [-0.4, -0.2) is 33.9 Å². The number of carbonyl (C=O) groups is 2. The number of phenols is 1. The zero-order chi connectivity index (χ0) is 25.5. The minimum Gasteiger partial charge on any atom is -0.508 e. The zero-order valence-electron chi connectivity index (χ0n) is 19.1. The Hall–Kier alpha value is -2.49. The van der Waals surface area contributed by atoms with Crippen molar-refractivity contribution in [1.29, 1.82) is 0 Å². The van der Waals surface area contributed by atoms with Gasteiger partial charge in [-0.05, 0) is 73.7 Å². The largest absolute Gasteiger partial charge is 0.508 e. The molecule has 1 amide bonds. The van der Waals surface area contributed by atoms with Crippen LogP contribution in [0.5, 0.6) is 17.2 Å². The van der Waals surface area contributed by atoms with Crippen LogP contribution in [-0.2, 0) is 10.5 Å². The van der Waals surface area contributed by atoms with Crippen LogP contribution < -0.4 is 10.1 Å². The molecule has 3 rings (SSSR count). The molecule has 6 nitrogen and oxygen atoms in total. The van der Waals surface area contributed by atoms with E-state index in [1.54, 1.807) is 30.3 Å². The van der Waals surface area contributed by atoms with Crippen LogP contribution >= 0.6 is 43.6 Å². The molecule has 184 valence electrons. The Morgan fingerprint density at radius 3 is 2.29 bits per heavy atom. The number of halogens is 2. The standard InChI is InChI=1S/C26H25Br2NO5S/c1-15(2)19-12-18(8-9-23(19)30)34-24-20(27)10-17(11-21(24)28)25(31)29-22(26(32)33)14-35-13-16-6-4-3-5-7-16/h3-12,15,22,30H,13-14H2,1-2H3,(H,29,31)(H,32,33)/t22-/m0/s1. The first kappa shape index (κ1) is 27.1. The van der Waals surface area contributed by atoms with Crippen LogP contribution in [0.1, 0.15) is 41.3 Å². The van der Waals surface area contributed by atoms with Gasteiger partial charge >= 0.3 is 5.97 Å². The van der Waals surface area contributed by atoms with Gasteiger partial charge < -0.3 is 20.3 Å². The molecule has 3 aromatic rings. The lowest BCUT2D eigenvalue weighted by Gasteiger charge is -2.16. The van der Waals surface area contributed by atoms with Crippen molar-refractivity contribution in [2.75, 3.05) is 5.75 Å². The quantitative estimate of drug-likeness (QED) is 0.226. The lowest BCUT2D eigenvalue weighted by Crippen LogP contribution is -2.42. The third-order valence-corrected chi connectivity index (χ3v) is 7.39. The van der Waals surface area contributed by atoms with Gasteiger partial charge in [-0.25, -0.2) is 4.79 Å². The fourth-order valence-electron chi connectivity index (χ4n) is 3.25. The number of carboxylic acid groups (broad SMARTS) is 1. The van der Waals surface area contributed by atoms with E-state index in [4.69, 9.17) is 4.74 Å². The predicted octanol–water partition coefficient (Wildman–Crippen LogP) is 6.95. The number of amides is 1. The fourth-order valence-corrected chi connectivity index (χ4v) is 5.61. The van der Waals surface area contributed by atoms with Crippen LogP contribution in [0.15, 0.2) is 69.6 Å². The van der Waals surface area contributed by atoms with E-state index in [0.29, 0.717) is 26.2 Å². The topological polar surface area (TPSA) is 95.9 Å². The van der Waals surface area contributed by atoms with E-state index in [2.05, 4.69) is 37.2 Å². The maximum Gasteiger partial charge on any atom is 0.327 e. The molecule has 3 N–H and O–H groups in total. The molecule has 0 spiro atoms. The molecule has 0 fully saturated rings. The van der Waals surface area contributed by atoms with E-state index in [1.807, 2.05) is 44.2 Å². The molecule has 9 heteroatoms. The highest BCUT2D eigenvalue weighted by Crippen LogP contribution is 2.39. The molecule has 1 atom stereocenters. The van der Waals surface area contributed by atoms with Crippen LogP contribution in [0.25, 0.3) is 0 Å². The average molecular weight is 623 g/mol. The Morgan fingerprint density at radius 1 is 1.03 bits per heavy atom. The highest BCUT2D eigenvalue weighted by Gasteiger charge is 2.22. The lowest BCUT2D eigenvalue weighted by atomic mass is 10.0. The second-order valence-electron chi connectivity index (χ2n) is 8.11. The highest BCUT2D eigenvalue weighted by atomic mass is 79.9. The molecule has 0 unspecified atom stereocenters. The van der Waals surface area contributed by atoms with Crippen molar-refractivity contribution in [2.45, 2.75) is 31.6 Å². The molecular weight excluding hydrogens is 598 g/mol. The number of hydrogen-bond donors (Lipinski definition) is 3. The van der Waals surface area contributed by atoms with Crippen molar-refractivity contribution in [3.63, 3.8) is 0 Å². The zero-order valence-corrected chi connectivity index (χ0v) is 23.1. The summed E-state index contributed by atoms with van der Waals surface area (Å²) in [6, 6.07) is 16.9. The van der Waals surface area contributed by atoms with Gasteiger partial charge in [-0.15, -0.1) is 0 Å². The molecule has 0 saturated carbocycles. The summed E-state index contributed by atoms with van der Waals surface area (Å²) in [4.78, 5) is 24.5. The fraction of sp³-hybridized carbons (Fsp3) is 0.231. The highest BCUT2D eigenvalue weighted by molar-refractivity contribution is 9.11. The monoisotopic (exact) mass is 621 g/mol. The van der Waals surface area contributed by atoms with Crippen molar-refractivity contribution in [3.05, 3.63) is 86.3 Å². The van der Waals surface area contributed by atoms with Gasteiger partial charge in [0.25, 0.3) is 5.91 Å².